The third-order valence-electron chi connectivity index (χ3n) is 4.24. The van der Waals surface area contributed by atoms with Gasteiger partial charge in [0, 0.05) is 0 Å². The number of aliphatic hydroxyl groups excluding tert-OH is 1. The minimum Gasteiger partial charge on any atom is -0.546 e. The van der Waals surface area contributed by atoms with E-state index in [1.54, 1.807) is 60.7 Å². The van der Waals surface area contributed by atoms with Gasteiger partial charge in [-0.15, -0.1) is 12.4 Å². The number of hydrogen-bond donors (Lipinski definition) is 2. The van der Waals surface area contributed by atoms with Crippen molar-refractivity contribution < 1.29 is 24.6 Å². The van der Waals surface area contributed by atoms with Gasteiger partial charge in [-0.05, 0) is 18.1 Å². The van der Waals surface area contributed by atoms with Crippen LogP contribution in [0.2, 0.25) is 0 Å². The van der Waals surface area contributed by atoms with E-state index < -0.39 is 11.6 Å². The summed E-state index contributed by atoms with van der Waals surface area (Å²) >= 11 is 0. The van der Waals surface area contributed by atoms with Crippen LogP contribution >= 0.6 is 12.4 Å². The second-order valence-electron chi connectivity index (χ2n) is 6.43. The van der Waals surface area contributed by atoms with Gasteiger partial charge >= 0.3 is 0 Å². The first kappa shape index (κ1) is 24.1. The summed E-state index contributed by atoms with van der Waals surface area (Å²) in [6, 6.07) is 16.4. The third-order valence-corrected chi connectivity index (χ3v) is 4.24. The maximum absolute atomic E-state index is 11.3. The van der Waals surface area contributed by atoms with Crippen LogP contribution in [0.3, 0.4) is 0 Å². The Hall–Kier alpha value is -1.92. The van der Waals surface area contributed by atoms with Crippen molar-refractivity contribution in [3.8, 4) is 0 Å². The summed E-state index contributed by atoms with van der Waals surface area (Å²) in [5.74, 6) is -1.53. The van der Waals surface area contributed by atoms with Crippen LogP contribution in [-0.2, 0) is 10.4 Å². The molecule has 144 valence electrons. The Balaban J connectivity index is 0.000000597. The molecule has 0 aliphatic rings. The Kier molecular flexibility index (Phi) is 10.1. The lowest BCUT2D eigenvalue weighted by atomic mass is 9.86. The summed E-state index contributed by atoms with van der Waals surface area (Å²) in [6.07, 6.45) is 0. The number of carbonyl (C=O) groups is 1. The Morgan fingerprint density at radius 2 is 1.38 bits per heavy atom. The number of rotatable bonds is 6. The standard InChI is InChI=1S/C14H12O3.C6H16NO.ClH/c15-13(16)14(17,11-7-3-1-4-8-11)12-9-5-2-6-10-12;1-4-7(2,3)5-6-8;/h1-10,17H,(H,15,16);8H,4-6H2,1-3H3;1H/q;+1;/p-1. The fraction of sp³-hybridized carbons (Fsp3) is 0.350. The fourth-order valence-electron chi connectivity index (χ4n) is 2.19. The number of carboxylic acids is 1. The summed E-state index contributed by atoms with van der Waals surface area (Å²) < 4.78 is 0.913. The molecule has 0 saturated heterocycles. The van der Waals surface area contributed by atoms with Crippen molar-refractivity contribution in [1.82, 2.24) is 0 Å². The second-order valence-corrected chi connectivity index (χ2v) is 6.43. The van der Waals surface area contributed by atoms with Crippen LogP contribution in [0.1, 0.15) is 18.1 Å². The number of aliphatic hydroxyl groups is 2. The minimum absolute atomic E-state index is 0. The molecule has 2 N–H and O–H groups in total. The van der Waals surface area contributed by atoms with E-state index in [0.717, 1.165) is 17.6 Å². The van der Waals surface area contributed by atoms with E-state index in [1.807, 2.05) is 0 Å². The highest BCUT2D eigenvalue weighted by molar-refractivity contribution is 5.85. The molecule has 0 unspecified atom stereocenters. The zero-order chi connectivity index (χ0) is 18.9. The van der Waals surface area contributed by atoms with E-state index in [2.05, 4.69) is 21.0 Å². The smallest absolute Gasteiger partial charge is 0.154 e. The molecule has 0 atom stereocenters. The lowest BCUT2D eigenvalue weighted by Gasteiger charge is -2.30. The number of benzene rings is 2. The van der Waals surface area contributed by atoms with Gasteiger partial charge in [-0.2, -0.15) is 0 Å². The van der Waals surface area contributed by atoms with Crippen molar-refractivity contribution in [3.05, 3.63) is 71.8 Å². The average molecular weight is 382 g/mol. The monoisotopic (exact) mass is 381 g/mol. The Labute approximate surface area is 161 Å². The van der Waals surface area contributed by atoms with Crippen molar-refractivity contribution in [2.45, 2.75) is 12.5 Å². The lowest BCUT2D eigenvalue weighted by Crippen LogP contribution is -2.46. The predicted octanol–water partition coefficient (Wildman–Crippen LogP) is 1.17. The first-order valence-corrected chi connectivity index (χ1v) is 8.25. The van der Waals surface area contributed by atoms with Gasteiger partial charge in [0.2, 0.25) is 0 Å². The lowest BCUT2D eigenvalue weighted by molar-refractivity contribution is -0.888. The molecule has 0 amide bonds. The molecule has 0 spiro atoms. The summed E-state index contributed by atoms with van der Waals surface area (Å²) in [6.45, 7) is 4.35. The molecule has 2 aromatic rings. The molecule has 0 fully saturated rings. The molecule has 0 aromatic heterocycles. The number of quaternary nitrogens is 1. The number of likely N-dealkylation sites (N-methyl/N-ethyl adjacent to an activating group) is 1. The highest BCUT2D eigenvalue weighted by atomic mass is 35.5. The minimum atomic E-state index is -2.11. The number of carbonyl (C=O) groups excluding carboxylic acids is 1. The second kappa shape index (κ2) is 10.9. The Bertz CT molecular complexity index is 608. The van der Waals surface area contributed by atoms with Crippen LogP contribution in [0, 0.1) is 0 Å². The van der Waals surface area contributed by atoms with Crippen molar-refractivity contribution in [3.63, 3.8) is 0 Å². The van der Waals surface area contributed by atoms with E-state index in [9.17, 15) is 15.0 Å². The van der Waals surface area contributed by atoms with Gasteiger partial charge in [0.15, 0.2) is 5.60 Å². The molecular formula is C20H28ClNO4. The van der Waals surface area contributed by atoms with Gasteiger partial charge in [0.1, 0.15) is 6.54 Å². The summed E-state index contributed by atoms with van der Waals surface area (Å²) in [5, 5.41) is 30.1. The number of hydrogen-bond acceptors (Lipinski definition) is 4. The third kappa shape index (κ3) is 6.42. The molecule has 0 aliphatic heterocycles. The van der Waals surface area contributed by atoms with Gasteiger partial charge in [-0.1, -0.05) is 60.7 Å². The van der Waals surface area contributed by atoms with E-state index in [0.29, 0.717) is 6.61 Å². The maximum atomic E-state index is 11.3. The molecule has 0 aliphatic carbocycles. The Morgan fingerprint density at radius 3 is 1.62 bits per heavy atom. The SMILES string of the molecule is CC[N+](C)(C)CCO.Cl.O=C([O-])C(O)(c1ccccc1)c1ccccc1. The van der Waals surface area contributed by atoms with Crippen LogP contribution in [0.4, 0.5) is 0 Å². The van der Waals surface area contributed by atoms with E-state index in [-0.39, 0.29) is 23.5 Å². The zero-order valence-corrected chi connectivity index (χ0v) is 16.3. The molecule has 0 radical (unpaired) electrons. The van der Waals surface area contributed by atoms with Gasteiger partial charge in [-0.3, -0.25) is 0 Å². The highest BCUT2D eigenvalue weighted by Gasteiger charge is 2.32. The quantitative estimate of drug-likeness (QED) is 0.736. The molecule has 0 bridgehead atoms. The van der Waals surface area contributed by atoms with E-state index in [4.69, 9.17) is 5.11 Å². The molecule has 2 aromatic carbocycles. The van der Waals surface area contributed by atoms with E-state index in [1.165, 1.54) is 0 Å². The highest BCUT2D eigenvalue weighted by Crippen LogP contribution is 2.28. The van der Waals surface area contributed by atoms with Crippen LogP contribution < -0.4 is 5.11 Å². The predicted molar refractivity (Wildman–Crippen MR) is 103 cm³/mol. The van der Waals surface area contributed by atoms with Crippen LogP contribution in [0.5, 0.6) is 0 Å². The molecule has 2 rings (SSSR count). The largest absolute Gasteiger partial charge is 0.546 e. The van der Waals surface area contributed by atoms with Crippen molar-refractivity contribution in [2.75, 3.05) is 33.8 Å². The van der Waals surface area contributed by atoms with Crippen LogP contribution in [-0.4, -0.2) is 54.5 Å². The first-order chi connectivity index (χ1) is 11.8. The Morgan fingerprint density at radius 1 is 1.00 bits per heavy atom. The topological polar surface area (TPSA) is 80.6 Å². The van der Waals surface area contributed by atoms with Gasteiger partial charge in [-0.25, -0.2) is 0 Å². The summed E-state index contributed by atoms with van der Waals surface area (Å²) in [7, 11) is 4.21. The fourth-order valence-corrected chi connectivity index (χ4v) is 2.19. The molecule has 6 heteroatoms. The van der Waals surface area contributed by atoms with Crippen molar-refractivity contribution in [1.29, 1.82) is 0 Å². The molecule has 26 heavy (non-hydrogen) atoms. The summed E-state index contributed by atoms with van der Waals surface area (Å²) in [4.78, 5) is 11.3. The molecular weight excluding hydrogens is 354 g/mol. The van der Waals surface area contributed by atoms with Crippen LogP contribution in [0.15, 0.2) is 60.7 Å². The van der Waals surface area contributed by atoms with Gasteiger partial charge in [0.05, 0.1) is 33.2 Å². The maximum Gasteiger partial charge on any atom is 0.154 e. The van der Waals surface area contributed by atoms with E-state index >= 15 is 0 Å². The van der Waals surface area contributed by atoms with Gasteiger partial charge in [0.25, 0.3) is 0 Å². The first-order valence-electron chi connectivity index (χ1n) is 8.25. The van der Waals surface area contributed by atoms with Crippen LogP contribution in [0.25, 0.3) is 0 Å². The number of carboxylic acid groups (broad SMARTS) is 1. The number of halogens is 1. The zero-order valence-electron chi connectivity index (χ0n) is 15.5. The summed E-state index contributed by atoms with van der Waals surface area (Å²) in [5.41, 5.74) is -1.54. The molecule has 0 heterocycles. The van der Waals surface area contributed by atoms with Crippen molar-refractivity contribution >= 4 is 18.4 Å². The molecule has 5 nitrogen and oxygen atoms in total. The normalized spacial score (nSPS) is 11.0. The van der Waals surface area contributed by atoms with Crippen molar-refractivity contribution in [2.24, 2.45) is 0 Å². The van der Waals surface area contributed by atoms with Gasteiger partial charge < -0.3 is 24.6 Å². The average Bonchev–Trinajstić information content (AvgIpc) is 2.63. The molecule has 0 saturated carbocycles. The number of nitrogens with zero attached hydrogens (tertiary/aromatic N) is 1. The number of aliphatic carboxylic acids is 1.